The average molecular weight is 274 g/mol. The molecular weight excluding hydrogens is 256 g/mol. The number of nitrogens with zero attached hydrogens (tertiary/aromatic N) is 2. The summed E-state index contributed by atoms with van der Waals surface area (Å²) in [4.78, 5) is 15.6. The van der Waals surface area contributed by atoms with Crippen molar-refractivity contribution in [3.8, 4) is 5.75 Å². The molecule has 20 heavy (non-hydrogen) atoms. The van der Waals surface area contributed by atoms with Crippen LogP contribution in [0.5, 0.6) is 5.75 Å². The number of aryl methyl sites for hydroxylation is 2. The first kappa shape index (κ1) is 14.0. The van der Waals surface area contributed by atoms with Crippen LogP contribution in [-0.4, -0.2) is 27.7 Å². The third-order valence-electron chi connectivity index (χ3n) is 2.65. The van der Waals surface area contributed by atoms with Gasteiger partial charge in [-0.25, -0.2) is 0 Å². The van der Waals surface area contributed by atoms with Gasteiger partial charge >= 0.3 is 0 Å². The van der Waals surface area contributed by atoms with Gasteiger partial charge in [0.15, 0.2) is 0 Å². The molecule has 2 rings (SSSR count). The van der Waals surface area contributed by atoms with E-state index in [2.05, 4.69) is 20.5 Å². The van der Waals surface area contributed by atoms with Crippen LogP contribution in [0.15, 0.2) is 24.3 Å². The van der Waals surface area contributed by atoms with Crippen molar-refractivity contribution in [1.82, 2.24) is 15.2 Å². The molecule has 0 spiro atoms. The molecule has 0 aliphatic carbocycles. The second-order valence-electron chi connectivity index (χ2n) is 4.56. The Kier molecular flexibility index (Phi) is 4.70. The summed E-state index contributed by atoms with van der Waals surface area (Å²) in [5, 5.41) is 9.13. The van der Waals surface area contributed by atoms with E-state index < -0.39 is 0 Å². The molecule has 0 aliphatic rings. The van der Waals surface area contributed by atoms with Crippen LogP contribution in [0, 0.1) is 13.8 Å². The first-order valence-corrected chi connectivity index (χ1v) is 6.52. The fourth-order valence-corrected chi connectivity index (χ4v) is 1.71. The third kappa shape index (κ3) is 4.38. The molecule has 0 bridgehead atoms. The van der Waals surface area contributed by atoms with Gasteiger partial charge in [-0.2, -0.15) is 4.98 Å². The number of carbonyl (C=O) groups is 1. The molecule has 0 saturated carbocycles. The van der Waals surface area contributed by atoms with Gasteiger partial charge in [-0.05, 0) is 38.0 Å². The van der Waals surface area contributed by atoms with E-state index in [1.807, 2.05) is 31.2 Å². The average Bonchev–Trinajstić information content (AvgIpc) is 2.80. The van der Waals surface area contributed by atoms with Gasteiger partial charge in [-0.3, -0.25) is 15.2 Å². The van der Waals surface area contributed by atoms with E-state index in [1.54, 1.807) is 6.92 Å². The second-order valence-corrected chi connectivity index (χ2v) is 4.56. The van der Waals surface area contributed by atoms with Gasteiger partial charge in [-0.15, -0.1) is 5.10 Å². The van der Waals surface area contributed by atoms with E-state index in [-0.39, 0.29) is 5.91 Å². The van der Waals surface area contributed by atoms with Crippen LogP contribution in [-0.2, 0) is 4.79 Å². The lowest BCUT2D eigenvalue weighted by Crippen LogP contribution is -2.13. The quantitative estimate of drug-likeness (QED) is 0.791. The maximum atomic E-state index is 11.6. The van der Waals surface area contributed by atoms with E-state index in [0.29, 0.717) is 31.2 Å². The number of benzene rings is 1. The molecule has 0 aliphatic heterocycles. The lowest BCUT2D eigenvalue weighted by molar-refractivity contribution is -0.116. The molecule has 0 radical (unpaired) electrons. The fraction of sp³-hybridized carbons (Fsp3) is 0.357. The number of rotatable bonds is 6. The van der Waals surface area contributed by atoms with Gasteiger partial charge in [0.2, 0.25) is 11.9 Å². The SMILES string of the molecule is Cc1cccc(OCCCC(=O)Nc2n[nH]c(C)n2)c1. The minimum Gasteiger partial charge on any atom is -0.494 e. The van der Waals surface area contributed by atoms with Crippen molar-refractivity contribution in [2.75, 3.05) is 11.9 Å². The molecule has 1 aromatic carbocycles. The summed E-state index contributed by atoms with van der Waals surface area (Å²) in [6.45, 7) is 4.29. The first-order chi connectivity index (χ1) is 9.63. The maximum Gasteiger partial charge on any atom is 0.248 e. The van der Waals surface area contributed by atoms with Gasteiger partial charge in [0.05, 0.1) is 6.61 Å². The molecule has 1 amide bonds. The Morgan fingerprint density at radius 2 is 2.25 bits per heavy atom. The zero-order valence-corrected chi connectivity index (χ0v) is 11.6. The second kappa shape index (κ2) is 6.70. The highest BCUT2D eigenvalue weighted by molar-refractivity contribution is 5.88. The predicted molar refractivity (Wildman–Crippen MR) is 75.7 cm³/mol. The van der Waals surface area contributed by atoms with E-state index >= 15 is 0 Å². The van der Waals surface area contributed by atoms with Crippen LogP contribution >= 0.6 is 0 Å². The standard InChI is InChI=1S/C14H18N4O2/c1-10-5-3-6-12(9-10)20-8-4-7-13(19)16-14-15-11(2)17-18-14/h3,5-6,9H,4,7-8H2,1-2H3,(H2,15,16,17,18,19). The van der Waals surface area contributed by atoms with Crippen molar-refractivity contribution < 1.29 is 9.53 Å². The molecule has 1 aromatic heterocycles. The van der Waals surface area contributed by atoms with E-state index in [0.717, 1.165) is 11.3 Å². The van der Waals surface area contributed by atoms with Crippen molar-refractivity contribution in [3.05, 3.63) is 35.7 Å². The Hall–Kier alpha value is -2.37. The van der Waals surface area contributed by atoms with Gasteiger partial charge in [0, 0.05) is 6.42 Å². The topological polar surface area (TPSA) is 79.9 Å². The summed E-state index contributed by atoms with van der Waals surface area (Å²) >= 11 is 0. The Bertz CT molecular complexity index is 580. The lowest BCUT2D eigenvalue weighted by atomic mass is 10.2. The number of H-pyrrole nitrogens is 1. The molecule has 0 atom stereocenters. The fourth-order valence-electron chi connectivity index (χ4n) is 1.71. The highest BCUT2D eigenvalue weighted by Crippen LogP contribution is 2.12. The molecule has 0 fully saturated rings. The zero-order valence-electron chi connectivity index (χ0n) is 11.6. The van der Waals surface area contributed by atoms with E-state index in [4.69, 9.17) is 4.74 Å². The van der Waals surface area contributed by atoms with Gasteiger partial charge in [0.1, 0.15) is 11.6 Å². The summed E-state index contributed by atoms with van der Waals surface area (Å²) < 4.78 is 5.57. The predicted octanol–water partition coefficient (Wildman–Crippen LogP) is 2.22. The van der Waals surface area contributed by atoms with Gasteiger partial charge in [-0.1, -0.05) is 12.1 Å². The molecular formula is C14H18N4O2. The summed E-state index contributed by atoms with van der Waals surface area (Å²) in [6, 6.07) is 7.84. The Morgan fingerprint density at radius 3 is 2.95 bits per heavy atom. The first-order valence-electron chi connectivity index (χ1n) is 6.52. The number of hydrogen-bond acceptors (Lipinski definition) is 4. The number of anilines is 1. The van der Waals surface area contributed by atoms with E-state index in [9.17, 15) is 4.79 Å². The monoisotopic (exact) mass is 274 g/mol. The number of hydrogen-bond donors (Lipinski definition) is 2. The van der Waals surface area contributed by atoms with E-state index in [1.165, 1.54) is 0 Å². The van der Waals surface area contributed by atoms with Crippen molar-refractivity contribution in [2.24, 2.45) is 0 Å². The number of amides is 1. The number of carbonyl (C=O) groups excluding carboxylic acids is 1. The summed E-state index contributed by atoms with van der Waals surface area (Å²) in [6.07, 6.45) is 1.02. The molecule has 106 valence electrons. The van der Waals surface area contributed by atoms with Crippen molar-refractivity contribution in [3.63, 3.8) is 0 Å². The minimum atomic E-state index is -0.114. The molecule has 0 unspecified atom stereocenters. The van der Waals surface area contributed by atoms with Crippen molar-refractivity contribution in [2.45, 2.75) is 26.7 Å². The molecule has 6 heteroatoms. The molecule has 2 aromatic rings. The smallest absolute Gasteiger partial charge is 0.248 e. The Balaban J connectivity index is 1.67. The number of aromatic amines is 1. The van der Waals surface area contributed by atoms with Crippen molar-refractivity contribution in [1.29, 1.82) is 0 Å². The minimum absolute atomic E-state index is 0.114. The summed E-state index contributed by atoms with van der Waals surface area (Å²) in [5.74, 6) is 1.70. The number of nitrogens with one attached hydrogen (secondary N) is 2. The molecule has 1 heterocycles. The molecule has 0 saturated heterocycles. The maximum absolute atomic E-state index is 11.6. The highest BCUT2D eigenvalue weighted by Gasteiger charge is 2.05. The van der Waals surface area contributed by atoms with Gasteiger partial charge < -0.3 is 4.74 Å². The van der Waals surface area contributed by atoms with Crippen LogP contribution in [0.4, 0.5) is 5.95 Å². The van der Waals surface area contributed by atoms with Crippen LogP contribution in [0.25, 0.3) is 0 Å². The van der Waals surface area contributed by atoms with Crippen LogP contribution in [0.1, 0.15) is 24.2 Å². The van der Waals surface area contributed by atoms with Crippen LogP contribution in [0.3, 0.4) is 0 Å². The third-order valence-corrected chi connectivity index (χ3v) is 2.65. The van der Waals surface area contributed by atoms with Crippen LogP contribution in [0.2, 0.25) is 0 Å². The number of aromatic nitrogens is 3. The van der Waals surface area contributed by atoms with Gasteiger partial charge in [0.25, 0.3) is 0 Å². The largest absolute Gasteiger partial charge is 0.494 e. The van der Waals surface area contributed by atoms with Crippen molar-refractivity contribution >= 4 is 11.9 Å². The molecule has 6 nitrogen and oxygen atoms in total. The Labute approximate surface area is 117 Å². The summed E-state index contributed by atoms with van der Waals surface area (Å²) in [5.41, 5.74) is 1.15. The zero-order chi connectivity index (χ0) is 14.4. The van der Waals surface area contributed by atoms with Crippen LogP contribution < -0.4 is 10.1 Å². The number of ether oxygens (including phenoxy) is 1. The highest BCUT2D eigenvalue weighted by atomic mass is 16.5. The normalized spacial score (nSPS) is 10.3. The molecule has 2 N–H and O–H groups in total. The summed E-state index contributed by atoms with van der Waals surface area (Å²) in [7, 11) is 0. The Morgan fingerprint density at radius 1 is 1.40 bits per heavy atom. The lowest BCUT2D eigenvalue weighted by Gasteiger charge is -2.06.